The van der Waals surface area contributed by atoms with Crippen LogP contribution in [0.2, 0.25) is 0 Å². The van der Waals surface area contributed by atoms with Crippen molar-refractivity contribution in [3.05, 3.63) is 29.3 Å². The van der Waals surface area contributed by atoms with Crippen LogP contribution in [0.1, 0.15) is 25.8 Å². The lowest BCUT2D eigenvalue weighted by molar-refractivity contribution is 0.391. The first-order valence-electron chi connectivity index (χ1n) is 6.24. The molecule has 0 aliphatic carbocycles. The van der Waals surface area contributed by atoms with Gasteiger partial charge in [0.2, 0.25) is 10.0 Å². The molecule has 0 aliphatic rings. The van der Waals surface area contributed by atoms with E-state index in [0.29, 0.717) is 0 Å². The van der Waals surface area contributed by atoms with Crippen molar-refractivity contribution in [3.8, 4) is 0 Å². The van der Waals surface area contributed by atoms with Gasteiger partial charge in [-0.25, -0.2) is 21.5 Å². The monoisotopic (exact) mass is 325 g/mol. The molecule has 0 N–H and O–H groups in total. The molecule has 0 saturated heterocycles. The summed E-state index contributed by atoms with van der Waals surface area (Å²) in [6.45, 7) is 4.11. The number of halogens is 3. The summed E-state index contributed by atoms with van der Waals surface area (Å²) in [5.41, 5.74) is -0.426. The van der Waals surface area contributed by atoms with E-state index in [0.717, 1.165) is 22.9 Å². The summed E-state index contributed by atoms with van der Waals surface area (Å²) in [5, 5.41) is 0. The van der Waals surface area contributed by atoms with E-state index < -0.39 is 38.0 Å². The van der Waals surface area contributed by atoms with Crippen LogP contribution in [0.4, 0.5) is 8.78 Å². The SMILES string of the molecule is CCC(C)CN(C)S(=O)(=O)c1ccc(F)c(CCl)c1F. The predicted molar refractivity (Wildman–Crippen MR) is 75.2 cm³/mol. The first-order valence-corrected chi connectivity index (χ1v) is 8.22. The van der Waals surface area contributed by atoms with Crippen molar-refractivity contribution in [2.24, 2.45) is 5.92 Å². The molecule has 1 rings (SSSR count). The third-order valence-corrected chi connectivity index (χ3v) is 5.35. The summed E-state index contributed by atoms with van der Waals surface area (Å²) >= 11 is 5.46. The molecule has 1 unspecified atom stereocenters. The Morgan fingerprint density at radius 1 is 1.35 bits per heavy atom. The fraction of sp³-hybridized carbons (Fsp3) is 0.538. The van der Waals surface area contributed by atoms with Gasteiger partial charge in [0.15, 0.2) is 5.82 Å². The number of rotatable bonds is 6. The fourth-order valence-corrected chi connectivity index (χ4v) is 3.35. The van der Waals surface area contributed by atoms with Crippen LogP contribution in [0.25, 0.3) is 0 Å². The van der Waals surface area contributed by atoms with Crippen LogP contribution in [0.3, 0.4) is 0 Å². The number of hydrogen-bond donors (Lipinski definition) is 0. The third-order valence-electron chi connectivity index (χ3n) is 3.24. The fourth-order valence-electron chi connectivity index (χ4n) is 1.73. The van der Waals surface area contributed by atoms with Crippen molar-refractivity contribution in [1.29, 1.82) is 0 Å². The quantitative estimate of drug-likeness (QED) is 0.752. The van der Waals surface area contributed by atoms with Gasteiger partial charge in [-0.1, -0.05) is 20.3 Å². The van der Waals surface area contributed by atoms with Gasteiger partial charge in [-0.05, 0) is 18.1 Å². The molecule has 114 valence electrons. The second-order valence-electron chi connectivity index (χ2n) is 4.77. The molecule has 0 bridgehead atoms. The lowest BCUT2D eigenvalue weighted by atomic mass is 10.1. The van der Waals surface area contributed by atoms with E-state index in [9.17, 15) is 17.2 Å². The van der Waals surface area contributed by atoms with Crippen molar-refractivity contribution in [2.75, 3.05) is 13.6 Å². The van der Waals surface area contributed by atoms with E-state index in [-0.39, 0.29) is 12.5 Å². The lowest BCUT2D eigenvalue weighted by Crippen LogP contribution is -2.31. The second-order valence-corrected chi connectivity index (χ2v) is 7.05. The first kappa shape index (κ1) is 17.3. The second kappa shape index (κ2) is 6.83. The van der Waals surface area contributed by atoms with Crippen molar-refractivity contribution in [1.82, 2.24) is 4.31 Å². The summed E-state index contributed by atoms with van der Waals surface area (Å²) in [5.74, 6) is -2.24. The summed E-state index contributed by atoms with van der Waals surface area (Å²) in [6.07, 6.45) is 0.804. The highest BCUT2D eigenvalue weighted by Crippen LogP contribution is 2.25. The molecule has 0 radical (unpaired) electrons. The van der Waals surface area contributed by atoms with Crippen LogP contribution in [0.5, 0.6) is 0 Å². The maximum absolute atomic E-state index is 14.1. The summed E-state index contributed by atoms with van der Waals surface area (Å²) in [6, 6.07) is 1.86. The number of hydrogen-bond acceptors (Lipinski definition) is 2. The average Bonchev–Trinajstić information content (AvgIpc) is 2.38. The molecular weight excluding hydrogens is 308 g/mol. The van der Waals surface area contributed by atoms with Crippen molar-refractivity contribution >= 4 is 21.6 Å². The lowest BCUT2D eigenvalue weighted by Gasteiger charge is -2.21. The summed E-state index contributed by atoms with van der Waals surface area (Å²) < 4.78 is 53.1. The van der Waals surface area contributed by atoms with Crippen LogP contribution in [0, 0.1) is 17.6 Å². The molecule has 0 amide bonds. The molecule has 20 heavy (non-hydrogen) atoms. The zero-order valence-corrected chi connectivity index (χ0v) is 13.2. The van der Waals surface area contributed by atoms with Gasteiger partial charge in [-0.3, -0.25) is 0 Å². The molecule has 0 saturated carbocycles. The number of alkyl halides is 1. The highest BCUT2D eigenvalue weighted by Gasteiger charge is 2.27. The van der Waals surface area contributed by atoms with E-state index >= 15 is 0 Å². The van der Waals surface area contributed by atoms with E-state index in [1.165, 1.54) is 7.05 Å². The van der Waals surface area contributed by atoms with Crippen LogP contribution >= 0.6 is 11.6 Å². The highest BCUT2D eigenvalue weighted by molar-refractivity contribution is 7.89. The molecule has 7 heteroatoms. The molecule has 0 aromatic heterocycles. The van der Waals surface area contributed by atoms with Gasteiger partial charge in [-0.15, -0.1) is 11.6 Å². The number of benzene rings is 1. The molecule has 0 spiro atoms. The Hall–Kier alpha value is -0.720. The smallest absolute Gasteiger partial charge is 0.207 e. The van der Waals surface area contributed by atoms with Gasteiger partial charge >= 0.3 is 0 Å². The molecule has 1 aromatic carbocycles. The Bertz CT molecular complexity index is 578. The van der Waals surface area contributed by atoms with Crippen molar-refractivity contribution in [3.63, 3.8) is 0 Å². The topological polar surface area (TPSA) is 37.4 Å². The van der Waals surface area contributed by atoms with E-state index in [1.807, 2.05) is 13.8 Å². The maximum atomic E-state index is 14.1. The highest BCUT2D eigenvalue weighted by atomic mass is 35.5. The van der Waals surface area contributed by atoms with Crippen molar-refractivity contribution < 1.29 is 17.2 Å². The molecular formula is C13H18ClF2NO2S. The normalized spacial score (nSPS) is 13.8. The molecule has 0 aliphatic heterocycles. The Kier molecular flexibility index (Phi) is 5.91. The molecule has 3 nitrogen and oxygen atoms in total. The first-order chi connectivity index (χ1) is 9.25. The average molecular weight is 326 g/mol. The van der Waals surface area contributed by atoms with E-state index in [1.54, 1.807) is 0 Å². The van der Waals surface area contributed by atoms with Gasteiger partial charge in [0.1, 0.15) is 10.7 Å². The standard InChI is InChI=1S/C13H18ClF2NO2S/c1-4-9(2)8-17(3)20(18,19)12-6-5-11(15)10(7-14)13(12)16/h5-6,9H,4,7-8H2,1-3H3. The Morgan fingerprint density at radius 2 is 1.95 bits per heavy atom. The molecule has 0 heterocycles. The predicted octanol–water partition coefficient (Wildman–Crippen LogP) is 3.37. The molecule has 1 atom stereocenters. The Balaban J connectivity index is 3.23. The maximum Gasteiger partial charge on any atom is 0.245 e. The zero-order valence-electron chi connectivity index (χ0n) is 11.7. The van der Waals surface area contributed by atoms with Crippen molar-refractivity contribution in [2.45, 2.75) is 31.0 Å². The van der Waals surface area contributed by atoms with Gasteiger partial charge in [0.05, 0.1) is 5.88 Å². The molecule has 1 aromatic rings. The van der Waals surface area contributed by atoms with Crippen LogP contribution in [-0.2, 0) is 15.9 Å². The van der Waals surface area contributed by atoms with Gasteiger partial charge in [-0.2, -0.15) is 0 Å². The third kappa shape index (κ3) is 3.48. The summed E-state index contributed by atoms with van der Waals surface area (Å²) in [7, 11) is -2.61. The molecule has 0 fully saturated rings. The summed E-state index contributed by atoms with van der Waals surface area (Å²) in [4.78, 5) is -0.541. The Labute approximate surface area is 123 Å². The number of sulfonamides is 1. The van der Waals surface area contributed by atoms with Crippen LogP contribution in [-0.4, -0.2) is 26.3 Å². The van der Waals surface area contributed by atoms with Gasteiger partial charge < -0.3 is 0 Å². The van der Waals surface area contributed by atoms with E-state index in [2.05, 4.69) is 0 Å². The Morgan fingerprint density at radius 3 is 2.45 bits per heavy atom. The minimum atomic E-state index is -3.99. The van der Waals surface area contributed by atoms with Crippen LogP contribution in [0.15, 0.2) is 17.0 Å². The minimum absolute atomic E-state index is 0.144. The number of nitrogens with zero attached hydrogens (tertiary/aromatic N) is 1. The van der Waals surface area contributed by atoms with E-state index in [4.69, 9.17) is 11.6 Å². The minimum Gasteiger partial charge on any atom is -0.207 e. The zero-order chi connectivity index (χ0) is 15.5. The van der Waals surface area contributed by atoms with Crippen LogP contribution < -0.4 is 0 Å². The largest absolute Gasteiger partial charge is 0.245 e. The van der Waals surface area contributed by atoms with Gasteiger partial charge in [0, 0.05) is 19.2 Å². The van der Waals surface area contributed by atoms with Gasteiger partial charge in [0.25, 0.3) is 0 Å².